The highest BCUT2D eigenvalue weighted by molar-refractivity contribution is 7.16. The average molecular weight is 304 g/mol. The lowest BCUT2D eigenvalue weighted by molar-refractivity contribution is -0.0415. The first-order valence-electron chi connectivity index (χ1n) is 7.52. The van der Waals surface area contributed by atoms with Crippen LogP contribution in [0.1, 0.15) is 12.8 Å². The first-order chi connectivity index (χ1) is 10.3. The summed E-state index contributed by atoms with van der Waals surface area (Å²) in [4.78, 5) is 6.89. The van der Waals surface area contributed by atoms with Crippen molar-refractivity contribution in [3.05, 3.63) is 17.6 Å². The van der Waals surface area contributed by atoms with Gasteiger partial charge in [0, 0.05) is 19.1 Å². The number of ether oxygens (including phenoxy) is 1. The third-order valence-corrected chi connectivity index (χ3v) is 5.32. The van der Waals surface area contributed by atoms with Gasteiger partial charge >= 0.3 is 0 Å². The van der Waals surface area contributed by atoms with Crippen molar-refractivity contribution in [3.63, 3.8) is 0 Å². The molecule has 1 aromatic heterocycles. The number of benzene rings is 1. The third-order valence-electron chi connectivity index (χ3n) is 4.52. The summed E-state index contributed by atoms with van der Waals surface area (Å²) in [6.45, 7) is 3.91. The molecular formula is C15H20N4OS. The topological polar surface area (TPSA) is 63.4 Å². The summed E-state index contributed by atoms with van der Waals surface area (Å²) in [6, 6.07) is 4.76. The lowest BCUT2D eigenvalue weighted by atomic mass is 10.2. The van der Waals surface area contributed by atoms with Gasteiger partial charge in [0.25, 0.3) is 0 Å². The molecule has 0 bridgehead atoms. The molecule has 2 saturated heterocycles. The van der Waals surface area contributed by atoms with Crippen LogP contribution in [0.15, 0.2) is 17.6 Å². The number of morpholine rings is 1. The van der Waals surface area contributed by atoms with E-state index in [0.29, 0.717) is 6.04 Å². The monoisotopic (exact) mass is 304 g/mol. The van der Waals surface area contributed by atoms with Crippen LogP contribution in [0, 0.1) is 0 Å². The predicted molar refractivity (Wildman–Crippen MR) is 86.9 cm³/mol. The highest BCUT2D eigenvalue weighted by Gasteiger charge is 2.32. The van der Waals surface area contributed by atoms with Crippen molar-refractivity contribution in [2.24, 2.45) is 0 Å². The second-order valence-corrected chi connectivity index (χ2v) is 6.74. The molecule has 112 valence electrons. The van der Waals surface area contributed by atoms with Gasteiger partial charge in [-0.1, -0.05) is 0 Å². The van der Waals surface area contributed by atoms with Gasteiger partial charge in [0.15, 0.2) is 0 Å². The maximum absolute atomic E-state index is 6.19. The van der Waals surface area contributed by atoms with Crippen LogP contribution in [0.4, 0.5) is 11.4 Å². The minimum atomic E-state index is 0.241. The fourth-order valence-electron chi connectivity index (χ4n) is 3.34. The van der Waals surface area contributed by atoms with Gasteiger partial charge in [-0.15, -0.1) is 11.3 Å². The SMILES string of the molecule is Nc1c(NCC2CN3CCCC3CO2)ccc2scnc12. The molecular weight excluding hydrogens is 284 g/mol. The first kappa shape index (κ1) is 13.3. The van der Waals surface area contributed by atoms with E-state index in [4.69, 9.17) is 10.5 Å². The van der Waals surface area contributed by atoms with Gasteiger partial charge in [-0.3, -0.25) is 4.90 Å². The first-order valence-corrected chi connectivity index (χ1v) is 8.40. The molecule has 2 aliphatic rings. The molecule has 1 aromatic carbocycles. The quantitative estimate of drug-likeness (QED) is 0.851. The smallest absolute Gasteiger partial charge is 0.106 e. The largest absolute Gasteiger partial charge is 0.395 e. The minimum absolute atomic E-state index is 0.241. The number of nitrogens with zero attached hydrogens (tertiary/aromatic N) is 2. The molecule has 4 rings (SSSR count). The number of anilines is 2. The number of hydrogen-bond acceptors (Lipinski definition) is 6. The number of aromatic nitrogens is 1. The Morgan fingerprint density at radius 3 is 3.38 bits per heavy atom. The van der Waals surface area contributed by atoms with E-state index in [1.54, 1.807) is 11.3 Å². The Hall–Kier alpha value is -1.37. The molecule has 2 aliphatic heterocycles. The number of fused-ring (bicyclic) bond motifs is 2. The Morgan fingerprint density at radius 2 is 2.43 bits per heavy atom. The Labute approximate surface area is 128 Å². The third kappa shape index (κ3) is 2.47. The van der Waals surface area contributed by atoms with Gasteiger partial charge in [0.1, 0.15) is 5.52 Å². The molecule has 0 aliphatic carbocycles. The van der Waals surface area contributed by atoms with Crippen LogP contribution in [0.5, 0.6) is 0 Å². The zero-order chi connectivity index (χ0) is 14.2. The number of nitrogen functional groups attached to an aromatic ring is 1. The molecule has 0 spiro atoms. The van der Waals surface area contributed by atoms with Crippen LogP contribution in [0.3, 0.4) is 0 Å². The summed E-state index contributed by atoms with van der Waals surface area (Å²) in [6.07, 6.45) is 2.83. The van der Waals surface area contributed by atoms with Gasteiger partial charge in [-0.25, -0.2) is 4.98 Å². The Morgan fingerprint density at radius 1 is 1.48 bits per heavy atom. The molecule has 0 saturated carbocycles. The van der Waals surface area contributed by atoms with E-state index in [0.717, 1.165) is 41.3 Å². The van der Waals surface area contributed by atoms with Crippen LogP contribution < -0.4 is 11.1 Å². The van der Waals surface area contributed by atoms with Gasteiger partial charge in [0.2, 0.25) is 0 Å². The van der Waals surface area contributed by atoms with Crippen molar-refractivity contribution in [3.8, 4) is 0 Å². The van der Waals surface area contributed by atoms with Crippen LogP contribution >= 0.6 is 11.3 Å². The van der Waals surface area contributed by atoms with Crippen molar-refractivity contribution in [2.45, 2.75) is 25.0 Å². The van der Waals surface area contributed by atoms with Gasteiger partial charge in [-0.05, 0) is 31.5 Å². The summed E-state index contributed by atoms with van der Waals surface area (Å²) >= 11 is 1.62. The predicted octanol–water partition coefficient (Wildman–Crippen LogP) is 2.15. The molecule has 5 nitrogen and oxygen atoms in total. The fraction of sp³-hybridized carbons (Fsp3) is 0.533. The molecule has 0 amide bonds. The van der Waals surface area contributed by atoms with E-state index in [9.17, 15) is 0 Å². The van der Waals surface area contributed by atoms with E-state index >= 15 is 0 Å². The van der Waals surface area contributed by atoms with Crippen molar-refractivity contribution in [2.75, 3.05) is 37.3 Å². The molecule has 2 atom stereocenters. The maximum atomic E-state index is 6.19. The molecule has 2 fully saturated rings. The fourth-order valence-corrected chi connectivity index (χ4v) is 4.03. The Balaban J connectivity index is 1.42. The van der Waals surface area contributed by atoms with E-state index in [-0.39, 0.29) is 6.10 Å². The normalized spacial score (nSPS) is 26.1. The van der Waals surface area contributed by atoms with Gasteiger partial charge in [-0.2, -0.15) is 0 Å². The van der Waals surface area contributed by atoms with Crippen molar-refractivity contribution in [1.82, 2.24) is 9.88 Å². The van der Waals surface area contributed by atoms with E-state index in [1.807, 2.05) is 11.6 Å². The molecule has 21 heavy (non-hydrogen) atoms. The van der Waals surface area contributed by atoms with E-state index in [2.05, 4.69) is 21.3 Å². The molecule has 2 aromatic rings. The molecule has 0 radical (unpaired) electrons. The minimum Gasteiger partial charge on any atom is -0.395 e. The lowest BCUT2D eigenvalue weighted by Gasteiger charge is -2.35. The summed E-state index contributed by atoms with van der Waals surface area (Å²) in [5.74, 6) is 0. The molecule has 3 N–H and O–H groups in total. The number of rotatable bonds is 3. The summed E-state index contributed by atoms with van der Waals surface area (Å²) < 4.78 is 7.10. The number of nitrogens with two attached hydrogens (primary N) is 1. The summed E-state index contributed by atoms with van der Waals surface area (Å²) in [5, 5.41) is 3.43. The second kappa shape index (κ2) is 5.44. The highest BCUT2D eigenvalue weighted by atomic mass is 32.1. The average Bonchev–Trinajstić information content (AvgIpc) is 3.15. The van der Waals surface area contributed by atoms with E-state index < -0.39 is 0 Å². The van der Waals surface area contributed by atoms with Crippen LogP contribution in [0.25, 0.3) is 10.2 Å². The lowest BCUT2D eigenvalue weighted by Crippen LogP contribution is -2.48. The van der Waals surface area contributed by atoms with Crippen LogP contribution in [-0.4, -0.2) is 48.3 Å². The van der Waals surface area contributed by atoms with Crippen LogP contribution in [-0.2, 0) is 4.74 Å². The maximum Gasteiger partial charge on any atom is 0.106 e. The number of nitrogens with one attached hydrogen (secondary N) is 1. The summed E-state index contributed by atoms with van der Waals surface area (Å²) in [7, 11) is 0. The number of thiazole rings is 1. The zero-order valence-electron chi connectivity index (χ0n) is 11.9. The Kier molecular flexibility index (Phi) is 3.45. The van der Waals surface area contributed by atoms with Crippen molar-refractivity contribution in [1.29, 1.82) is 0 Å². The van der Waals surface area contributed by atoms with Gasteiger partial charge < -0.3 is 15.8 Å². The number of hydrogen-bond donors (Lipinski definition) is 2. The van der Waals surface area contributed by atoms with Crippen molar-refractivity contribution < 1.29 is 4.74 Å². The molecule has 2 unspecified atom stereocenters. The zero-order valence-corrected chi connectivity index (χ0v) is 12.7. The molecule has 3 heterocycles. The summed E-state index contributed by atoms with van der Waals surface area (Å²) in [5.41, 5.74) is 10.6. The molecule has 6 heteroatoms. The second-order valence-electron chi connectivity index (χ2n) is 5.85. The standard InChI is InChI=1S/C15H20N4OS/c16-14-12(3-4-13-15(14)18-9-21-13)17-6-11-7-19-5-1-2-10(19)8-20-11/h3-4,9-11,17H,1-2,5-8,16H2. The van der Waals surface area contributed by atoms with Crippen LogP contribution in [0.2, 0.25) is 0 Å². The van der Waals surface area contributed by atoms with Gasteiger partial charge in [0.05, 0.1) is 34.3 Å². The highest BCUT2D eigenvalue weighted by Crippen LogP contribution is 2.30. The van der Waals surface area contributed by atoms with Crippen molar-refractivity contribution >= 4 is 32.9 Å². The van der Waals surface area contributed by atoms with E-state index in [1.165, 1.54) is 19.4 Å². The Bertz CT molecular complexity index is 644.